The molecule has 2 amide bonds. The van der Waals surface area contributed by atoms with Crippen LogP contribution in [0.3, 0.4) is 0 Å². The number of amidine groups is 1. The molecule has 162 valence electrons. The number of hydrogen-bond donors (Lipinski definition) is 2. The molecule has 2 rings (SSSR count). The van der Waals surface area contributed by atoms with Crippen LogP contribution in [0.1, 0.15) is 52.0 Å². The highest BCUT2D eigenvalue weighted by Crippen LogP contribution is 2.29. The molecular formula is C22H30N4O4. The zero-order valence-corrected chi connectivity index (χ0v) is 17.8. The van der Waals surface area contributed by atoms with Gasteiger partial charge in [0, 0.05) is 5.56 Å². The van der Waals surface area contributed by atoms with Crippen LogP contribution in [-0.2, 0) is 14.3 Å². The lowest BCUT2D eigenvalue weighted by Gasteiger charge is -2.23. The molecule has 0 saturated heterocycles. The molecule has 1 aliphatic rings. The van der Waals surface area contributed by atoms with E-state index in [0.29, 0.717) is 18.4 Å². The number of nitriles is 1. The molecule has 0 spiro atoms. The van der Waals surface area contributed by atoms with Gasteiger partial charge in [0.2, 0.25) is 5.91 Å². The van der Waals surface area contributed by atoms with Gasteiger partial charge in [-0.3, -0.25) is 15.1 Å². The Labute approximate surface area is 177 Å². The Morgan fingerprint density at radius 3 is 2.43 bits per heavy atom. The highest BCUT2D eigenvalue weighted by molar-refractivity contribution is 6.07. The Morgan fingerprint density at radius 2 is 1.83 bits per heavy atom. The lowest BCUT2D eigenvalue weighted by molar-refractivity contribution is -0.123. The molecule has 0 unspecified atom stereocenters. The molecule has 8 heteroatoms. The van der Waals surface area contributed by atoms with Gasteiger partial charge in [-0.25, -0.2) is 4.79 Å². The Morgan fingerprint density at radius 1 is 1.17 bits per heavy atom. The minimum absolute atomic E-state index is 0.0500. The quantitative estimate of drug-likeness (QED) is 0.386. The van der Waals surface area contributed by atoms with Crippen molar-refractivity contribution < 1.29 is 19.1 Å². The number of carbonyl (C=O) groups is 2. The van der Waals surface area contributed by atoms with E-state index < -0.39 is 17.7 Å². The van der Waals surface area contributed by atoms with E-state index in [-0.39, 0.29) is 31.1 Å². The van der Waals surface area contributed by atoms with Crippen molar-refractivity contribution in [3.05, 3.63) is 35.9 Å². The summed E-state index contributed by atoms with van der Waals surface area (Å²) in [5, 5.41) is 14.9. The fraction of sp³-hybridized carbons (Fsp3) is 0.545. The number of carbonyl (C=O) groups excluding carboxylic acids is 2. The third-order valence-electron chi connectivity index (χ3n) is 4.77. The van der Waals surface area contributed by atoms with E-state index in [4.69, 9.17) is 9.47 Å². The van der Waals surface area contributed by atoms with E-state index in [2.05, 4.69) is 21.7 Å². The maximum absolute atomic E-state index is 12.7. The van der Waals surface area contributed by atoms with Gasteiger partial charge in [-0.2, -0.15) is 5.26 Å². The normalized spacial score (nSPS) is 16.6. The summed E-state index contributed by atoms with van der Waals surface area (Å²) in [6.07, 6.45) is 2.47. The van der Waals surface area contributed by atoms with Crippen LogP contribution in [0.2, 0.25) is 0 Å². The summed E-state index contributed by atoms with van der Waals surface area (Å²) in [5.74, 6) is -0.127. The molecule has 2 N–H and O–H groups in total. The van der Waals surface area contributed by atoms with E-state index in [1.54, 1.807) is 19.1 Å². The minimum Gasteiger partial charge on any atom is -0.447 e. The van der Waals surface area contributed by atoms with Gasteiger partial charge in [-0.1, -0.05) is 30.3 Å². The smallest absolute Gasteiger partial charge is 0.412 e. The fourth-order valence-electron chi connectivity index (χ4n) is 3.16. The minimum atomic E-state index is -0.823. The molecular weight excluding hydrogens is 384 g/mol. The molecule has 0 heterocycles. The number of amides is 2. The summed E-state index contributed by atoms with van der Waals surface area (Å²) in [5.41, 5.74) is -0.181. The Balaban J connectivity index is 2.06. The number of ether oxygens (including phenoxy) is 2. The van der Waals surface area contributed by atoms with Gasteiger partial charge >= 0.3 is 6.09 Å². The number of alkyl carbamates (subject to hydrolysis) is 1. The number of hydrogen-bond acceptors (Lipinski definition) is 6. The van der Waals surface area contributed by atoms with Crippen LogP contribution in [-0.4, -0.2) is 48.7 Å². The first-order valence-corrected chi connectivity index (χ1v) is 10.3. The van der Waals surface area contributed by atoms with Crippen LogP contribution in [0.15, 0.2) is 35.3 Å². The van der Waals surface area contributed by atoms with Crippen LogP contribution in [0.25, 0.3) is 0 Å². The summed E-state index contributed by atoms with van der Waals surface area (Å²) in [6, 6.07) is 10.5. The Hall–Kier alpha value is -2.92. The van der Waals surface area contributed by atoms with Gasteiger partial charge in [0.15, 0.2) is 0 Å². The van der Waals surface area contributed by atoms with Crippen molar-refractivity contribution >= 4 is 17.8 Å². The summed E-state index contributed by atoms with van der Waals surface area (Å²) in [7, 11) is 0. The maximum Gasteiger partial charge on any atom is 0.412 e. The van der Waals surface area contributed by atoms with Crippen molar-refractivity contribution in [2.75, 3.05) is 13.2 Å². The topological polar surface area (TPSA) is 113 Å². The first-order valence-electron chi connectivity index (χ1n) is 10.3. The van der Waals surface area contributed by atoms with Crippen LogP contribution >= 0.6 is 0 Å². The second-order valence-electron chi connectivity index (χ2n) is 7.59. The maximum atomic E-state index is 12.7. The van der Waals surface area contributed by atoms with E-state index in [1.165, 1.54) is 0 Å². The third kappa shape index (κ3) is 7.16. The van der Waals surface area contributed by atoms with E-state index in [1.807, 2.05) is 32.0 Å². The van der Waals surface area contributed by atoms with Crippen LogP contribution < -0.4 is 10.6 Å². The molecule has 1 aliphatic carbocycles. The standard InChI is InChI=1S/C22H30N4O4/c1-16(2)29-13-14-30-21(28)25-19(18-9-5-4-6-10-18)24-17(3)20(27)26-22(15-23)11-7-8-12-22/h4-6,9-10,16-17H,7-8,11-14H2,1-3H3,(H,26,27)(H,24,25,28)/t17-/m0/s1. The molecule has 0 aromatic heterocycles. The van der Waals surface area contributed by atoms with Crippen LogP contribution in [0.4, 0.5) is 4.79 Å². The van der Waals surface area contributed by atoms with Gasteiger partial charge < -0.3 is 14.8 Å². The van der Waals surface area contributed by atoms with Gasteiger partial charge in [0.1, 0.15) is 24.0 Å². The number of aliphatic imine (C=N–C) groups is 1. The molecule has 30 heavy (non-hydrogen) atoms. The number of rotatable bonds is 8. The zero-order valence-electron chi connectivity index (χ0n) is 17.8. The molecule has 0 aliphatic heterocycles. The second-order valence-corrected chi connectivity index (χ2v) is 7.59. The number of nitrogens with zero attached hydrogens (tertiary/aromatic N) is 2. The monoisotopic (exact) mass is 414 g/mol. The van der Waals surface area contributed by atoms with E-state index in [0.717, 1.165) is 12.8 Å². The second kappa shape index (κ2) is 11.3. The SMILES string of the molecule is CC(C)OCCOC(=O)NC(=N[C@@H](C)C(=O)NC1(C#N)CCCC1)c1ccccc1. The summed E-state index contributed by atoms with van der Waals surface area (Å²) in [4.78, 5) is 29.2. The van der Waals surface area contributed by atoms with Crippen molar-refractivity contribution in [2.45, 2.75) is 64.1 Å². The van der Waals surface area contributed by atoms with Crippen molar-refractivity contribution in [2.24, 2.45) is 4.99 Å². The van der Waals surface area contributed by atoms with Crippen LogP contribution in [0.5, 0.6) is 0 Å². The van der Waals surface area contributed by atoms with Gasteiger partial charge in [0.05, 0.1) is 18.8 Å². The molecule has 8 nitrogen and oxygen atoms in total. The van der Waals surface area contributed by atoms with Crippen molar-refractivity contribution in [1.29, 1.82) is 5.26 Å². The van der Waals surface area contributed by atoms with Crippen molar-refractivity contribution in [3.8, 4) is 6.07 Å². The predicted molar refractivity (Wildman–Crippen MR) is 113 cm³/mol. The van der Waals surface area contributed by atoms with E-state index >= 15 is 0 Å². The largest absolute Gasteiger partial charge is 0.447 e. The first kappa shape index (κ1) is 23.4. The van der Waals surface area contributed by atoms with Gasteiger partial charge in [-0.05, 0) is 46.5 Å². The Kier molecular flexibility index (Phi) is 8.81. The van der Waals surface area contributed by atoms with E-state index in [9.17, 15) is 14.9 Å². The Bertz CT molecular complexity index is 780. The highest BCUT2D eigenvalue weighted by atomic mass is 16.6. The molecule has 1 aromatic carbocycles. The lowest BCUT2D eigenvalue weighted by atomic mass is 9.99. The van der Waals surface area contributed by atoms with Gasteiger partial charge in [0.25, 0.3) is 0 Å². The molecule has 1 aromatic rings. The third-order valence-corrected chi connectivity index (χ3v) is 4.77. The molecule has 1 saturated carbocycles. The summed E-state index contributed by atoms with van der Waals surface area (Å²) >= 11 is 0. The average molecular weight is 415 g/mol. The average Bonchev–Trinajstić information content (AvgIpc) is 3.20. The molecule has 0 radical (unpaired) electrons. The molecule has 0 bridgehead atoms. The van der Waals surface area contributed by atoms with Crippen molar-refractivity contribution in [3.63, 3.8) is 0 Å². The van der Waals surface area contributed by atoms with Gasteiger partial charge in [-0.15, -0.1) is 0 Å². The van der Waals surface area contributed by atoms with Crippen molar-refractivity contribution in [1.82, 2.24) is 10.6 Å². The summed E-state index contributed by atoms with van der Waals surface area (Å²) in [6.45, 7) is 5.82. The van der Waals surface area contributed by atoms with Crippen LogP contribution in [0, 0.1) is 11.3 Å². The molecule has 1 fully saturated rings. The zero-order chi connectivity index (χ0) is 22.0. The molecule has 1 atom stereocenters. The first-order chi connectivity index (χ1) is 14.3. The lowest BCUT2D eigenvalue weighted by Crippen LogP contribution is -2.48. The number of nitrogens with one attached hydrogen (secondary N) is 2. The highest BCUT2D eigenvalue weighted by Gasteiger charge is 2.36. The fourth-order valence-corrected chi connectivity index (χ4v) is 3.16. The summed E-state index contributed by atoms with van der Waals surface area (Å²) < 4.78 is 10.5. The predicted octanol–water partition coefficient (Wildman–Crippen LogP) is 2.93. The number of benzene rings is 1.